The van der Waals surface area contributed by atoms with Crippen LogP contribution in [0.3, 0.4) is 0 Å². The summed E-state index contributed by atoms with van der Waals surface area (Å²) in [5.74, 6) is 1.12. The monoisotopic (exact) mass is 668 g/mol. The van der Waals surface area contributed by atoms with Crippen LogP contribution in [0.1, 0.15) is 55.8 Å². The average Bonchev–Trinajstić information content (AvgIpc) is 3.45. The standard InChI is InChI=1S/C39H45FN4O3S/c1-26-35(30-9-5-7-11-33(30)41-26)36-31(38(36,2)3)24-34(45)44(25-27-8-4-6-10-32(27)40)39(16-22-48-23-17-39)37(46)42-28-12-14-29(15-13-28)43-18-20-47-21-19-43/h4-15,31,36,41H,16-25H2,1-3H3,(H,42,46). The highest BCUT2D eigenvalue weighted by Gasteiger charge is 2.60. The minimum absolute atomic E-state index is 0.0451. The van der Waals surface area contributed by atoms with Gasteiger partial charge in [-0.2, -0.15) is 11.8 Å². The Labute approximate surface area is 286 Å². The van der Waals surface area contributed by atoms with E-state index in [-0.39, 0.29) is 41.4 Å². The van der Waals surface area contributed by atoms with E-state index in [1.165, 1.54) is 17.0 Å². The third-order valence-electron chi connectivity index (χ3n) is 11.0. The third kappa shape index (κ3) is 6.11. The van der Waals surface area contributed by atoms with Crippen LogP contribution in [0, 0.1) is 24.1 Å². The number of ether oxygens (including phenoxy) is 1. The zero-order valence-corrected chi connectivity index (χ0v) is 28.9. The number of morpholine rings is 1. The molecule has 252 valence electrons. The van der Waals surface area contributed by atoms with Crippen LogP contribution in [0.5, 0.6) is 0 Å². The van der Waals surface area contributed by atoms with Gasteiger partial charge in [-0.25, -0.2) is 4.39 Å². The zero-order chi connectivity index (χ0) is 33.5. The number of fused-ring (bicyclic) bond motifs is 1. The predicted octanol–water partition coefficient (Wildman–Crippen LogP) is 7.52. The Balaban J connectivity index is 1.18. The topological polar surface area (TPSA) is 77.7 Å². The van der Waals surface area contributed by atoms with E-state index >= 15 is 4.39 Å². The first kappa shape index (κ1) is 32.7. The van der Waals surface area contributed by atoms with Crippen LogP contribution >= 0.6 is 11.8 Å². The summed E-state index contributed by atoms with van der Waals surface area (Å²) >= 11 is 1.79. The summed E-state index contributed by atoms with van der Waals surface area (Å²) in [5.41, 5.74) is 4.50. The van der Waals surface area contributed by atoms with Crippen molar-refractivity contribution >= 4 is 45.9 Å². The van der Waals surface area contributed by atoms with Gasteiger partial charge in [-0.1, -0.05) is 50.2 Å². The lowest BCUT2D eigenvalue weighted by Gasteiger charge is -2.45. The highest BCUT2D eigenvalue weighted by Crippen LogP contribution is 2.67. The first-order chi connectivity index (χ1) is 23.2. The Morgan fingerprint density at radius 1 is 1.00 bits per heavy atom. The molecule has 2 unspecified atom stereocenters. The molecule has 2 atom stereocenters. The maximum atomic E-state index is 15.2. The first-order valence-corrected chi connectivity index (χ1v) is 18.3. The van der Waals surface area contributed by atoms with Gasteiger partial charge in [0.2, 0.25) is 11.8 Å². The number of carbonyl (C=O) groups is 2. The zero-order valence-electron chi connectivity index (χ0n) is 28.1. The van der Waals surface area contributed by atoms with Crippen molar-refractivity contribution in [3.8, 4) is 0 Å². The Hall–Kier alpha value is -3.82. The fourth-order valence-electron chi connectivity index (χ4n) is 8.12. The van der Waals surface area contributed by atoms with Crippen LogP contribution in [0.4, 0.5) is 15.8 Å². The van der Waals surface area contributed by atoms with Gasteiger partial charge in [0.1, 0.15) is 11.4 Å². The lowest BCUT2D eigenvalue weighted by molar-refractivity contribution is -0.147. The summed E-state index contributed by atoms with van der Waals surface area (Å²) in [4.78, 5) is 36.8. The van der Waals surface area contributed by atoms with Gasteiger partial charge in [0.15, 0.2) is 0 Å². The van der Waals surface area contributed by atoms with Crippen molar-refractivity contribution < 1.29 is 18.7 Å². The van der Waals surface area contributed by atoms with Crippen molar-refractivity contribution in [3.05, 3.63) is 95.4 Å². The van der Waals surface area contributed by atoms with Crippen molar-refractivity contribution in [3.63, 3.8) is 0 Å². The second-order valence-electron chi connectivity index (χ2n) is 14.1. The maximum absolute atomic E-state index is 15.2. The van der Waals surface area contributed by atoms with Crippen LogP contribution in [0.2, 0.25) is 0 Å². The van der Waals surface area contributed by atoms with Crippen LogP contribution < -0.4 is 10.2 Å². The fourth-order valence-corrected chi connectivity index (χ4v) is 9.29. The van der Waals surface area contributed by atoms with Crippen molar-refractivity contribution in [2.24, 2.45) is 11.3 Å². The summed E-state index contributed by atoms with van der Waals surface area (Å²) in [7, 11) is 0. The van der Waals surface area contributed by atoms with Crippen molar-refractivity contribution in [1.82, 2.24) is 9.88 Å². The summed E-state index contributed by atoms with van der Waals surface area (Å²) < 4.78 is 20.7. The molecule has 4 aromatic rings. The number of benzene rings is 3. The number of aryl methyl sites for hydroxylation is 1. The molecule has 3 heterocycles. The third-order valence-corrected chi connectivity index (χ3v) is 12.0. The second kappa shape index (κ2) is 13.2. The van der Waals surface area contributed by atoms with Gasteiger partial charge in [-0.3, -0.25) is 9.59 Å². The van der Waals surface area contributed by atoms with Gasteiger partial charge in [-0.15, -0.1) is 0 Å². The molecule has 7 nitrogen and oxygen atoms in total. The molecule has 1 aromatic heterocycles. The number of nitrogens with zero attached hydrogens (tertiary/aromatic N) is 2. The molecule has 9 heteroatoms. The number of halogens is 1. The second-order valence-corrected chi connectivity index (χ2v) is 15.4. The number of H-pyrrole nitrogens is 1. The van der Waals surface area contributed by atoms with Gasteiger partial charge in [0.25, 0.3) is 0 Å². The molecule has 0 radical (unpaired) electrons. The molecule has 48 heavy (non-hydrogen) atoms. The molecule has 2 aliphatic heterocycles. The molecular weight excluding hydrogens is 624 g/mol. The van der Waals surface area contributed by atoms with Gasteiger partial charge in [0.05, 0.1) is 13.2 Å². The number of para-hydroxylation sites is 1. The maximum Gasteiger partial charge on any atom is 0.250 e. The van der Waals surface area contributed by atoms with E-state index in [0.717, 1.165) is 41.5 Å². The molecule has 1 aliphatic carbocycles. The molecule has 3 fully saturated rings. The number of aromatic nitrogens is 1. The average molecular weight is 669 g/mol. The van der Waals surface area contributed by atoms with E-state index < -0.39 is 5.54 Å². The van der Waals surface area contributed by atoms with Crippen molar-refractivity contribution in [1.29, 1.82) is 0 Å². The lowest BCUT2D eigenvalue weighted by Crippen LogP contribution is -2.60. The van der Waals surface area contributed by atoms with Gasteiger partial charge >= 0.3 is 0 Å². The van der Waals surface area contributed by atoms with E-state index in [0.29, 0.717) is 43.7 Å². The number of anilines is 2. The van der Waals surface area contributed by atoms with E-state index in [1.807, 2.05) is 30.3 Å². The first-order valence-electron chi connectivity index (χ1n) is 17.1. The minimum Gasteiger partial charge on any atom is -0.378 e. The molecule has 7 rings (SSSR count). The SMILES string of the molecule is Cc1[nH]c2ccccc2c1C1C(CC(=O)N(Cc2ccccc2F)C2(C(=O)Nc3ccc(N4CCOCC4)cc3)CCSCC2)C1(C)C. The molecule has 1 saturated carbocycles. The normalized spacial score (nSPS) is 21.5. The van der Waals surface area contributed by atoms with Crippen molar-refractivity contribution in [2.45, 2.75) is 58.0 Å². The van der Waals surface area contributed by atoms with E-state index in [4.69, 9.17) is 4.74 Å². The van der Waals surface area contributed by atoms with Crippen LogP contribution in [0.25, 0.3) is 10.9 Å². The number of nitrogens with one attached hydrogen (secondary N) is 2. The number of aromatic amines is 1. The lowest BCUT2D eigenvalue weighted by atomic mass is 9.87. The number of carbonyl (C=O) groups excluding carboxylic acids is 2. The Bertz CT molecular complexity index is 1790. The molecule has 2 saturated heterocycles. The van der Waals surface area contributed by atoms with E-state index in [1.54, 1.807) is 34.9 Å². The molecular formula is C39H45FN4O3S. The number of hydrogen-bond acceptors (Lipinski definition) is 5. The van der Waals surface area contributed by atoms with E-state index in [2.05, 4.69) is 54.2 Å². The van der Waals surface area contributed by atoms with Gasteiger partial charge in [-0.05, 0) is 90.5 Å². The van der Waals surface area contributed by atoms with E-state index in [9.17, 15) is 9.59 Å². The quantitative estimate of drug-likeness (QED) is 0.193. The molecule has 3 aromatic carbocycles. The van der Waals surface area contributed by atoms with Crippen molar-refractivity contribution in [2.75, 3.05) is 48.0 Å². The van der Waals surface area contributed by atoms with Crippen LogP contribution in [-0.4, -0.2) is 65.0 Å². The Kier molecular flexibility index (Phi) is 9.02. The number of rotatable bonds is 9. The molecule has 0 spiro atoms. The molecule has 2 amide bonds. The number of thioether (sulfide) groups is 1. The fraction of sp³-hybridized carbons (Fsp3) is 0.436. The largest absolute Gasteiger partial charge is 0.378 e. The summed E-state index contributed by atoms with van der Waals surface area (Å²) in [6, 6.07) is 22.8. The Morgan fingerprint density at radius 3 is 2.42 bits per heavy atom. The van der Waals surface area contributed by atoms with Crippen LogP contribution in [0.15, 0.2) is 72.8 Å². The number of hydrogen-bond donors (Lipinski definition) is 2. The molecule has 3 aliphatic rings. The van der Waals surface area contributed by atoms with Gasteiger partial charge in [0, 0.05) is 59.6 Å². The Morgan fingerprint density at radius 2 is 1.69 bits per heavy atom. The smallest absolute Gasteiger partial charge is 0.250 e. The van der Waals surface area contributed by atoms with Crippen LogP contribution in [-0.2, 0) is 20.9 Å². The molecule has 0 bridgehead atoms. The highest BCUT2D eigenvalue weighted by atomic mass is 32.2. The number of amides is 2. The highest BCUT2D eigenvalue weighted by molar-refractivity contribution is 7.99. The summed E-state index contributed by atoms with van der Waals surface area (Å²) in [6.45, 7) is 9.69. The summed E-state index contributed by atoms with van der Waals surface area (Å²) in [5, 5.41) is 4.38. The molecule has 2 N–H and O–H groups in total. The minimum atomic E-state index is -1.10. The summed E-state index contributed by atoms with van der Waals surface area (Å²) in [6.07, 6.45) is 1.31. The predicted molar refractivity (Wildman–Crippen MR) is 192 cm³/mol. The van der Waals surface area contributed by atoms with Gasteiger partial charge < -0.3 is 24.8 Å².